The summed E-state index contributed by atoms with van der Waals surface area (Å²) >= 11 is 0. The predicted molar refractivity (Wildman–Crippen MR) is 79.8 cm³/mol. The number of aliphatic hydroxyl groups is 1. The monoisotopic (exact) mass is 279 g/mol. The lowest BCUT2D eigenvalue weighted by Gasteiger charge is -2.38. The lowest BCUT2D eigenvalue weighted by molar-refractivity contribution is -0.0105. The number of ether oxygens (including phenoxy) is 1. The summed E-state index contributed by atoms with van der Waals surface area (Å²) in [5.74, 6) is 0.951. The Morgan fingerprint density at radius 2 is 2.30 bits per heavy atom. The van der Waals surface area contributed by atoms with Gasteiger partial charge in [-0.25, -0.2) is 4.98 Å². The minimum absolute atomic E-state index is 0.0552. The predicted octanol–water partition coefficient (Wildman–Crippen LogP) is 1.17. The van der Waals surface area contributed by atoms with Crippen LogP contribution in [0.5, 0.6) is 0 Å². The van der Waals surface area contributed by atoms with Gasteiger partial charge in [-0.15, -0.1) is 0 Å². The lowest BCUT2D eigenvalue weighted by Crippen LogP contribution is -2.49. The summed E-state index contributed by atoms with van der Waals surface area (Å²) in [6.07, 6.45) is 1.80. The van der Waals surface area contributed by atoms with Gasteiger partial charge in [0.2, 0.25) is 0 Å². The zero-order valence-electron chi connectivity index (χ0n) is 12.5. The van der Waals surface area contributed by atoms with Crippen LogP contribution < -0.4 is 10.2 Å². The highest BCUT2D eigenvalue weighted by atomic mass is 16.5. The van der Waals surface area contributed by atoms with Gasteiger partial charge in [0.05, 0.1) is 25.4 Å². The van der Waals surface area contributed by atoms with E-state index >= 15 is 0 Å². The molecular weight excluding hydrogens is 254 g/mol. The molecule has 1 saturated heterocycles. The number of aliphatic hydroxyl groups excluding tert-OH is 1. The van der Waals surface area contributed by atoms with Crippen molar-refractivity contribution in [3.63, 3.8) is 0 Å². The number of aromatic nitrogens is 1. The summed E-state index contributed by atoms with van der Waals surface area (Å²) in [6.45, 7) is 8.59. The molecule has 2 atom stereocenters. The molecule has 2 unspecified atom stereocenters. The summed E-state index contributed by atoms with van der Waals surface area (Å²) in [7, 11) is 0. The van der Waals surface area contributed by atoms with Crippen molar-refractivity contribution in [2.24, 2.45) is 0 Å². The van der Waals surface area contributed by atoms with Crippen molar-refractivity contribution in [1.29, 1.82) is 0 Å². The second-order valence-corrected chi connectivity index (χ2v) is 5.70. The molecule has 1 aliphatic rings. The molecule has 20 heavy (non-hydrogen) atoms. The number of anilines is 1. The minimum atomic E-state index is -0.115. The fourth-order valence-corrected chi connectivity index (χ4v) is 2.26. The van der Waals surface area contributed by atoms with E-state index < -0.39 is 0 Å². The maximum absolute atomic E-state index is 9.23. The van der Waals surface area contributed by atoms with E-state index in [1.165, 1.54) is 5.56 Å². The van der Waals surface area contributed by atoms with Crippen LogP contribution in [0, 0.1) is 0 Å². The third kappa shape index (κ3) is 3.91. The number of hydrogen-bond acceptors (Lipinski definition) is 5. The zero-order chi connectivity index (χ0) is 14.5. The van der Waals surface area contributed by atoms with Crippen molar-refractivity contribution in [2.75, 3.05) is 24.7 Å². The minimum Gasteiger partial charge on any atom is -0.394 e. The highest BCUT2D eigenvalue weighted by Gasteiger charge is 2.26. The molecule has 1 aromatic heterocycles. The second kappa shape index (κ2) is 7.02. The molecule has 1 aliphatic heterocycles. The van der Waals surface area contributed by atoms with E-state index in [1.807, 2.05) is 12.3 Å². The van der Waals surface area contributed by atoms with Gasteiger partial charge >= 0.3 is 0 Å². The van der Waals surface area contributed by atoms with Gasteiger partial charge in [0.15, 0.2) is 0 Å². The van der Waals surface area contributed by atoms with Crippen LogP contribution in [0.15, 0.2) is 18.3 Å². The lowest BCUT2D eigenvalue weighted by atomic mass is 10.2. The van der Waals surface area contributed by atoms with Crippen LogP contribution >= 0.6 is 0 Å². The van der Waals surface area contributed by atoms with Crippen LogP contribution in [0.3, 0.4) is 0 Å². The van der Waals surface area contributed by atoms with Crippen molar-refractivity contribution in [2.45, 2.75) is 45.5 Å². The van der Waals surface area contributed by atoms with E-state index in [9.17, 15) is 5.11 Å². The van der Waals surface area contributed by atoms with Gasteiger partial charge in [0, 0.05) is 25.3 Å². The van der Waals surface area contributed by atoms with E-state index in [-0.39, 0.29) is 18.8 Å². The van der Waals surface area contributed by atoms with Gasteiger partial charge < -0.3 is 20.1 Å². The smallest absolute Gasteiger partial charge is 0.128 e. The Hall–Kier alpha value is -1.17. The fraction of sp³-hybridized carbons (Fsp3) is 0.667. The normalized spacial score (nSPS) is 23.4. The number of pyridine rings is 1. The summed E-state index contributed by atoms with van der Waals surface area (Å²) in [6, 6.07) is 4.91. The summed E-state index contributed by atoms with van der Waals surface area (Å²) in [5.41, 5.74) is 1.18. The molecule has 5 heteroatoms. The Morgan fingerprint density at radius 3 is 2.90 bits per heavy atom. The van der Waals surface area contributed by atoms with Crippen molar-refractivity contribution in [3.05, 3.63) is 23.9 Å². The Kier molecular flexibility index (Phi) is 5.34. The molecule has 0 bridgehead atoms. The van der Waals surface area contributed by atoms with Crippen LogP contribution in [0.25, 0.3) is 0 Å². The fourth-order valence-electron chi connectivity index (χ4n) is 2.26. The van der Waals surface area contributed by atoms with Crippen LogP contribution in [-0.2, 0) is 11.3 Å². The van der Waals surface area contributed by atoms with E-state index in [0.717, 1.165) is 12.4 Å². The van der Waals surface area contributed by atoms with Gasteiger partial charge in [0.25, 0.3) is 0 Å². The highest BCUT2D eigenvalue weighted by Crippen LogP contribution is 2.19. The Morgan fingerprint density at radius 1 is 1.50 bits per heavy atom. The molecule has 5 nitrogen and oxygen atoms in total. The molecule has 2 heterocycles. The molecule has 0 radical (unpaired) electrons. The number of nitrogens with zero attached hydrogens (tertiary/aromatic N) is 2. The number of morpholine rings is 1. The molecule has 1 aromatic rings. The molecule has 112 valence electrons. The summed E-state index contributed by atoms with van der Waals surface area (Å²) in [5, 5.41) is 12.6. The van der Waals surface area contributed by atoms with Crippen molar-refractivity contribution < 1.29 is 9.84 Å². The van der Waals surface area contributed by atoms with Gasteiger partial charge in [-0.2, -0.15) is 0 Å². The highest BCUT2D eigenvalue weighted by molar-refractivity contribution is 5.41. The molecule has 2 N–H and O–H groups in total. The molecule has 0 spiro atoms. The van der Waals surface area contributed by atoms with Crippen LogP contribution in [0.1, 0.15) is 26.3 Å². The van der Waals surface area contributed by atoms with E-state index in [1.54, 1.807) is 0 Å². The standard InChI is InChI=1S/C15H25N3O2/c1-11(2)16-6-13-4-5-15(17-7-13)18-8-14(9-19)20-10-12(18)3/h4-5,7,11-12,14,16,19H,6,8-10H2,1-3H3. The maximum Gasteiger partial charge on any atom is 0.128 e. The third-order valence-electron chi connectivity index (χ3n) is 3.53. The molecule has 2 rings (SSSR count). The first kappa shape index (κ1) is 15.2. The van der Waals surface area contributed by atoms with Crippen LogP contribution in [-0.4, -0.2) is 48.0 Å². The van der Waals surface area contributed by atoms with E-state index in [0.29, 0.717) is 19.2 Å². The maximum atomic E-state index is 9.23. The van der Waals surface area contributed by atoms with Gasteiger partial charge in [0.1, 0.15) is 5.82 Å². The Labute approximate surface area is 121 Å². The first-order valence-electron chi connectivity index (χ1n) is 7.27. The number of rotatable bonds is 5. The Bertz CT molecular complexity index is 408. The average molecular weight is 279 g/mol. The van der Waals surface area contributed by atoms with Crippen LogP contribution in [0.4, 0.5) is 5.82 Å². The number of hydrogen-bond donors (Lipinski definition) is 2. The average Bonchev–Trinajstić information content (AvgIpc) is 2.46. The zero-order valence-corrected chi connectivity index (χ0v) is 12.5. The van der Waals surface area contributed by atoms with Crippen LogP contribution in [0.2, 0.25) is 0 Å². The van der Waals surface area contributed by atoms with E-state index in [2.05, 4.69) is 42.0 Å². The van der Waals surface area contributed by atoms with Crippen molar-refractivity contribution in [3.8, 4) is 0 Å². The SMILES string of the molecule is CC(C)NCc1ccc(N2CC(CO)OCC2C)nc1. The first-order valence-corrected chi connectivity index (χ1v) is 7.27. The largest absolute Gasteiger partial charge is 0.394 e. The molecule has 0 aliphatic carbocycles. The quantitative estimate of drug-likeness (QED) is 0.847. The van der Waals surface area contributed by atoms with E-state index in [4.69, 9.17) is 4.74 Å². The number of nitrogens with one attached hydrogen (secondary N) is 1. The molecule has 0 saturated carbocycles. The Balaban J connectivity index is 2.01. The van der Waals surface area contributed by atoms with Gasteiger partial charge in [-0.05, 0) is 18.6 Å². The molecular formula is C15H25N3O2. The van der Waals surface area contributed by atoms with Crippen molar-refractivity contribution >= 4 is 5.82 Å². The van der Waals surface area contributed by atoms with Gasteiger partial charge in [-0.1, -0.05) is 19.9 Å². The topological polar surface area (TPSA) is 57.6 Å². The van der Waals surface area contributed by atoms with Gasteiger partial charge in [-0.3, -0.25) is 0 Å². The second-order valence-electron chi connectivity index (χ2n) is 5.70. The first-order chi connectivity index (χ1) is 9.60. The molecule has 1 fully saturated rings. The summed E-state index contributed by atoms with van der Waals surface area (Å²) in [4.78, 5) is 6.75. The molecule has 0 aromatic carbocycles. The summed E-state index contributed by atoms with van der Waals surface area (Å²) < 4.78 is 5.55. The molecule has 0 amide bonds. The third-order valence-corrected chi connectivity index (χ3v) is 3.53. The van der Waals surface area contributed by atoms with Crippen molar-refractivity contribution in [1.82, 2.24) is 10.3 Å².